The van der Waals surface area contributed by atoms with Crippen LogP contribution >= 0.6 is 0 Å². The van der Waals surface area contributed by atoms with Crippen molar-refractivity contribution < 1.29 is 56.0 Å². The number of benzene rings is 5. The average molecular weight is 1980 g/mol. The summed E-state index contributed by atoms with van der Waals surface area (Å²) in [7, 11) is 2.10. The molecule has 2 unspecified atom stereocenters. The number of rotatable bonds is 13. The van der Waals surface area contributed by atoms with Gasteiger partial charge in [0.1, 0.15) is 84.3 Å². The van der Waals surface area contributed by atoms with E-state index in [2.05, 4.69) is 103 Å². The van der Waals surface area contributed by atoms with Gasteiger partial charge in [0.25, 0.3) is 29.5 Å². The molecular formula is C111H114N24O12. The maximum absolute atomic E-state index is 13.2. The third-order valence-electron chi connectivity index (χ3n) is 28.0. The summed E-state index contributed by atoms with van der Waals surface area (Å²) in [6.07, 6.45) is 23.4. The molecule has 6 amide bonds. The number of likely N-dealkylation sites (tertiary alicyclic amines) is 1. The SMILES string of the molecule is CC(=O)NC1CCN(C(=O)c2cnc3ccc(-c4ccc5oc(C)nc5c4)cn23)CC1.CCN1CCN(C(=O)c2cnc3ccc(-c4ccc5oc(C)nc5c4)cn23)CC1.Cc1nc2cc(-c3ccc4ncc(C(=O)N5CC(C)NC(C)C5)n4c3)ccc2o1.Cc1nc2cc(-c3ccc4ncc(C(=O)N5CCCN(C)CC5)n4c3)ccc2o1.Cc1nc2cc(-c3ccc4ncc(C(=O)NC5CCC(O)CC5)n4c3)ccc2o1. The highest BCUT2D eigenvalue weighted by Gasteiger charge is 2.33. The first-order valence-corrected chi connectivity index (χ1v) is 50.1. The largest absolute Gasteiger partial charge is 0.441 e. The van der Waals surface area contributed by atoms with Gasteiger partial charge in [0, 0.05) is 169 Å². The number of aliphatic hydroxyl groups excluding tert-OH is 1. The number of aliphatic hydroxyl groups is 1. The van der Waals surface area contributed by atoms with Crippen molar-refractivity contribution in [1.29, 1.82) is 0 Å². The number of piperidine rings is 1. The van der Waals surface area contributed by atoms with E-state index in [9.17, 15) is 33.9 Å². The van der Waals surface area contributed by atoms with Gasteiger partial charge in [0.15, 0.2) is 57.4 Å². The lowest BCUT2D eigenvalue weighted by Gasteiger charge is -2.36. The van der Waals surface area contributed by atoms with Crippen molar-refractivity contribution in [3.05, 3.63) is 272 Å². The van der Waals surface area contributed by atoms with Gasteiger partial charge in [-0.3, -0.25) is 50.8 Å². The Morgan fingerprint density at radius 2 is 0.639 bits per heavy atom. The number of nitrogens with one attached hydrogen (secondary N) is 3. The van der Waals surface area contributed by atoms with Crippen molar-refractivity contribution in [3.8, 4) is 55.6 Å². The smallest absolute Gasteiger partial charge is 0.272 e. The van der Waals surface area contributed by atoms with Gasteiger partial charge in [0.05, 0.1) is 37.1 Å². The number of fused-ring (bicyclic) bond motifs is 10. The summed E-state index contributed by atoms with van der Waals surface area (Å²) in [4.78, 5) is 133. The molecule has 5 aromatic carbocycles. The fourth-order valence-corrected chi connectivity index (χ4v) is 20.3. The molecule has 4 aliphatic heterocycles. The van der Waals surface area contributed by atoms with Gasteiger partial charge in [-0.25, -0.2) is 49.8 Å². The number of likely N-dealkylation sites (N-methyl/N-ethyl adjacent to an activating group) is 2. The molecule has 5 aliphatic rings. The Kier molecular flexibility index (Phi) is 27.2. The van der Waals surface area contributed by atoms with Crippen LogP contribution in [0.2, 0.25) is 0 Å². The summed E-state index contributed by atoms with van der Waals surface area (Å²) < 4.78 is 37.2. The molecule has 0 bridgehead atoms. The van der Waals surface area contributed by atoms with Crippen LogP contribution in [0.15, 0.2) is 236 Å². The molecule has 1 aliphatic carbocycles. The highest BCUT2D eigenvalue weighted by Crippen LogP contribution is 2.35. The van der Waals surface area contributed by atoms with Crippen molar-refractivity contribution in [3.63, 3.8) is 0 Å². The Labute approximate surface area is 844 Å². The number of nitrogens with zero attached hydrogens (tertiary/aromatic N) is 21. The second-order valence-corrected chi connectivity index (χ2v) is 38.6. The van der Waals surface area contributed by atoms with Crippen LogP contribution in [0, 0.1) is 34.6 Å². The Morgan fingerprint density at radius 1 is 0.347 bits per heavy atom. The summed E-state index contributed by atoms with van der Waals surface area (Å²) in [6.45, 7) is 27.5. The van der Waals surface area contributed by atoms with E-state index < -0.39 is 0 Å². The highest BCUT2D eigenvalue weighted by atomic mass is 16.4. The maximum Gasteiger partial charge on any atom is 0.272 e. The van der Waals surface area contributed by atoms with E-state index in [0.29, 0.717) is 84.1 Å². The summed E-state index contributed by atoms with van der Waals surface area (Å²) in [6, 6.07) is 50.0. The summed E-state index contributed by atoms with van der Waals surface area (Å²) in [5.74, 6) is 3.08. The monoisotopic (exact) mass is 1970 g/mol. The Bertz CT molecular complexity index is 8360. The minimum absolute atomic E-state index is 0.0115. The van der Waals surface area contributed by atoms with Crippen molar-refractivity contribution in [2.24, 2.45) is 0 Å². The van der Waals surface area contributed by atoms with Gasteiger partial charge in [-0.15, -0.1) is 0 Å². The first kappa shape index (κ1) is 96.7. The minimum atomic E-state index is -0.243. The van der Waals surface area contributed by atoms with Gasteiger partial charge in [0.2, 0.25) is 5.91 Å². The molecule has 19 heterocycles. The number of aryl methyl sites for hydroxylation is 5. The van der Waals surface area contributed by atoms with Crippen LogP contribution in [0.1, 0.15) is 155 Å². The van der Waals surface area contributed by atoms with Gasteiger partial charge in [-0.2, -0.15) is 0 Å². The Balaban J connectivity index is 0.000000108. The lowest BCUT2D eigenvalue weighted by atomic mass is 9.93. The van der Waals surface area contributed by atoms with Crippen LogP contribution in [-0.4, -0.2) is 264 Å². The average Bonchev–Trinajstić information content (AvgIpc) is 1.62. The Morgan fingerprint density at radius 3 is 0.973 bits per heavy atom. The molecule has 2 atom stereocenters. The van der Waals surface area contributed by atoms with Gasteiger partial charge >= 0.3 is 0 Å². The molecule has 0 radical (unpaired) electrons. The molecular weight excluding hydrogens is 1860 g/mol. The number of carbonyl (C=O) groups excluding carboxylic acids is 6. The predicted octanol–water partition coefficient (Wildman–Crippen LogP) is 16.4. The molecule has 1 saturated carbocycles. The topological polar surface area (TPSA) is 395 Å². The van der Waals surface area contributed by atoms with Gasteiger partial charge in [-0.05, 0) is 256 Å². The van der Waals surface area contributed by atoms with E-state index in [4.69, 9.17) is 22.1 Å². The van der Waals surface area contributed by atoms with Gasteiger partial charge in [-0.1, -0.05) is 37.3 Å². The third kappa shape index (κ3) is 20.9. The van der Waals surface area contributed by atoms with E-state index >= 15 is 0 Å². The second-order valence-electron chi connectivity index (χ2n) is 38.6. The molecule has 5 fully saturated rings. The van der Waals surface area contributed by atoms with Gasteiger partial charge < -0.3 is 72.5 Å². The number of pyridine rings is 5. The number of piperazine rings is 2. The fourth-order valence-electron chi connectivity index (χ4n) is 20.3. The quantitative estimate of drug-likeness (QED) is 0.0833. The molecule has 4 N–H and O–H groups in total. The third-order valence-corrected chi connectivity index (χ3v) is 28.0. The number of oxazole rings is 5. The number of imidazole rings is 5. The van der Waals surface area contributed by atoms with E-state index in [0.717, 1.165) is 243 Å². The van der Waals surface area contributed by atoms with Crippen LogP contribution in [0.25, 0.3) is 139 Å². The van der Waals surface area contributed by atoms with E-state index in [1.54, 1.807) is 31.0 Å². The zero-order chi connectivity index (χ0) is 102. The van der Waals surface area contributed by atoms with Crippen molar-refractivity contribution in [1.82, 2.24) is 117 Å². The number of carbonyl (C=O) groups is 6. The van der Waals surface area contributed by atoms with Crippen molar-refractivity contribution in [2.75, 3.05) is 92.1 Å². The molecule has 147 heavy (non-hydrogen) atoms. The van der Waals surface area contributed by atoms with E-state index in [1.807, 2.05) is 259 Å². The summed E-state index contributed by atoms with van der Waals surface area (Å²) in [5, 5.41) is 19.1. The minimum Gasteiger partial charge on any atom is -0.441 e. The zero-order valence-corrected chi connectivity index (χ0v) is 83.6. The lowest BCUT2D eigenvalue weighted by molar-refractivity contribution is -0.119. The van der Waals surface area contributed by atoms with Crippen LogP contribution in [-0.2, 0) is 4.79 Å². The standard InChI is InChI=1S/C23H23N5O3.3C22H23N5O2.C22H22N4O3/c1-14(29)25-18-7-9-27(10-8-18)23(30)20-12-24-22-6-4-17(13-28(20)22)16-3-5-21-19(11-16)26-15(2)31-21;1-13-10-26(11-14(2)24-13)22(28)19-9-23-21-7-5-17(12-27(19)21)16-4-6-20-18(8-16)25-15(3)29-20;1-15-24-18-12-16(4-6-20(18)29-15)17-5-7-21-23-13-19(27(21)14-17)22(28)26-9-3-8-25(2)10-11-26;1-3-25-8-10-26(11-9-25)22(28)19-13-23-21-7-5-17(14-27(19)21)16-4-6-20-18(12-16)24-15(2)29-20;1-13-24-18-10-14(2-8-20(18)29-13)15-3-9-21-23-11-19(26(21)12-15)22(28)25-16-4-6-17(27)7-5-16/h3-6,11-13,18H,7-10H2,1-2H3,(H,25,29);4-9,12-14,24H,10-11H2,1-3H3;2*4-7,12-14H,3,8-11H2,1-2H3;2-3,8-12,16-17,27H,4-7H2,1H3,(H,25,28). The Hall–Kier alpha value is -16.4. The first-order valence-electron chi connectivity index (χ1n) is 50.1. The normalized spacial score (nSPS) is 17.1. The van der Waals surface area contributed by atoms with Crippen LogP contribution < -0.4 is 16.0 Å². The molecule has 20 aromatic rings. The maximum atomic E-state index is 13.2. The number of hydrogen-bond acceptors (Lipinski definition) is 25. The summed E-state index contributed by atoms with van der Waals surface area (Å²) in [5.41, 5.74) is 24.5. The van der Waals surface area contributed by atoms with E-state index in [1.165, 1.54) is 6.92 Å². The second kappa shape index (κ2) is 41.4. The van der Waals surface area contributed by atoms with Crippen LogP contribution in [0.3, 0.4) is 0 Å². The summed E-state index contributed by atoms with van der Waals surface area (Å²) >= 11 is 0. The van der Waals surface area contributed by atoms with E-state index in [-0.39, 0.29) is 65.7 Å². The molecule has 4 saturated heterocycles. The fraction of sp³-hybridized carbons (Fsp3) is 0.315. The van der Waals surface area contributed by atoms with Crippen LogP contribution in [0.4, 0.5) is 0 Å². The van der Waals surface area contributed by atoms with Crippen molar-refractivity contribution >= 4 is 119 Å². The molecule has 15 aromatic heterocycles. The predicted molar refractivity (Wildman–Crippen MR) is 557 cm³/mol. The van der Waals surface area contributed by atoms with Crippen molar-refractivity contribution in [2.45, 2.75) is 138 Å². The zero-order valence-electron chi connectivity index (χ0n) is 83.6. The molecule has 36 nitrogen and oxygen atoms in total. The first-order chi connectivity index (χ1) is 71.2. The van der Waals surface area contributed by atoms with Crippen LogP contribution in [0.5, 0.6) is 0 Å². The highest BCUT2D eigenvalue weighted by molar-refractivity contribution is 5.98. The molecule has 750 valence electrons. The number of hydrogen-bond donors (Lipinski definition) is 4. The number of aromatic nitrogens is 15. The number of amides is 6. The lowest BCUT2D eigenvalue weighted by Crippen LogP contribution is -2.56. The molecule has 36 heteroatoms. The molecule has 0 spiro atoms. The molecule has 25 rings (SSSR count).